The maximum absolute atomic E-state index is 6.57. The molecule has 2 aromatic heterocycles. The highest BCUT2D eigenvalue weighted by Gasteiger charge is 2.28. The summed E-state index contributed by atoms with van der Waals surface area (Å²) < 4.78 is 9.10. The molecule has 0 fully saturated rings. The van der Waals surface area contributed by atoms with Crippen molar-refractivity contribution in [3.05, 3.63) is 181 Å². The highest BCUT2D eigenvalue weighted by atomic mass is 16.3. The Morgan fingerprint density at radius 2 is 1.09 bits per heavy atom. The van der Waals surface area contributed by atoms with Gasteiger partial charge in [-0.25, -0.2) is 4.98 Å². The van der Waals surface area contributed by atoms with Crippen LogP contribution >= 0.6 is 0 Å². The van der Waals surface area contributed by atoms with Crippen molar-refractivity contribution in [3.63, 3.8) is 0 Å². The van der Waals surface area contributed by atoms with E-state index in [0.717, 1.165) is 28.6 Å². The van der Waals surface area contributed by atoms with Gasteiger partial charge in [0.2, 0.25) is 5.89 Å². The van der Waals surface area contributed by atoms with E-state index in [4.69, 9.17) is 9.40 Å². The lowest BCUT2D eigenvalue weighted by Crippen LogP contribution is -1.98. The van der Waals surface area contributed by atoms with Crippen molar-refractivity contribution in [2.24, 2.45) is 0 Å². The summed E-state index contributed by atoms with van der Waals surface area (Å²) in [6.45, 7) is 0. The zero-order valence-corrected chi connectivity index (χ0v) is 28.7. The van der Waals surface area contributed by atoms with Crippen molar-refractivity contribution in [2.45, 2.75) is 6.42 Å². The minimum Gasteiger partial charge on any atom is -0.435 e. The Balaban J connectivity index is 1.14. The second-order valence-electron chi connectivity index (χ2n) is 14.2. The third-order valence-corrected chi connectivity index (χ3v) is 11.4. The highest BCUT2D eigenvalue weighted by molar-refractivity contribution is 6.29. The summed E-state index contributed by atoms with van der Waals surface area (Å²) in [7, 11) is 0. The first-order valence-electron chi connectivity index (χ1n) is 18.3. The molecule has 53 heavy (non-hydrogen) atoms. The van der Waals surface area contributed by atoms with Gasteiger partial charge in [-0.15, -0.1) is 0 Å². The molecule has 0 bridgehead atoms. The number of hydrogen-bond acceptors (Lipinski definition) is 2. The first kappa shape index (κ1) is 28.7. The lowest BCUT2D eigenvalue weighted by atomic mass is 9.90. The van der Waals surface area contributed by atoms with Crippen molar-refractivity contribution >= 4 is 65.2 Å². The molecule has 1 aliphatic carbocycles. The van der Waals surface area contributed by atoms with E-state index in [0.29, 0.717) is 5.89 Å². The van der Waals surface area contributed by atoms with Gasteiger partial charge < -0.3 is 8.98 Å². The number of para-hydroxylation sites is 1. The molecule has 0 atom stereocenters. The van der Waals surface area contributed by atoms with Crippen LogP contribution in [-0.4, -0.2) is 9.55 Å². The molecular formula is C50H30N2O. The number of nitrogens with zero attached hydrogens (tertiary/aromatic N) is 2. The van der Waals surface area contributed by atoms with Gasteiger partial charge in [-0.2, -0.15) is 0 Å². The Morgan fingerprint density at radius 3 is 1.83 bits per heavy atom. The van der Waals surface area contributed by atoms with Gasteiger partial charge in [-0.05, 0) is 97.6 Å². The molecule has 0 saturated heterocycles. The van der Waals surface area contributed by atoms with Gasteiger partial charge in [-0.1, -0.05) is 133 Å². The fourth-order valence-corrected chi connectivity index (χ4v) is 9.18. The molecule has 0 amide bonds. The molecule has 3 heteroatoms. The Morgan fingerprint density at radius 1 is 0.472 bits per heavy atom. The summed E-state index contributed by atoms with van der Waals surface area (Å²) >= 11 is 0. The third-order valence-electron chi connectivity index (χ3n) is 11.4. The van der Waals surface area contributed by atoms with Crippen molar-refractivity contribution in [1.29, 1.82) is 0 Å². The Hall–Kier alpha value is -6.97. The van der Waals surface area contributed by atoms with Gasteiger partial charge in [-0.3, -0.25) is 0 Å². The van der Waals surface area contributed by atoms with Crippen LogP contribution in [0, 0.1) is 0 Å². The van der Waals surface area contributed by atoms with E-state index >= 15 is 0 Å². The first-order valence-corrected chi connectivity index (χ1v) is 18.3. The summed E-state index contributed by atoms with van der Waals surface area (Å²) in [4.78, 5) is 4.92. The molecule has 0 unspecified atom stereocenters. The third kappa shape index (κ3) is 4.02. The van der Waals surface area contributed by atoms with Crippen LogP contribution in [0.2, 0.25) is 0 Å². The lowest BCUT2D eigenvalue weighted by Gasteiger charge is -2.17. The zero-order valence-electron chi connectivity index (χ0n) is 28.7. The van der Waals surface area contributed by atoms with E-state index in [1.54, 1.807) is 0 Å². The van der Waals surface area contributed by atoms with Crippen molar-refractivity contribution in [1.82, 2.24) is 9.55 Å². The maximum atomic E-state index is 6.57. The van der Waals surface area contributed by atoms with Crippen molar-refractivity contribution in [2.75, 3.05) is 0 Å². The molecular weight excluding hydrogens is 645 g/mol. The minimum absolute atomic E-state index is 0.642. The van der Waals surface area contributed by atoms with E-state index in [2.05, 4.69) is 138 Å². The fourth-order valence-electron chi connectivity index (χ4n) is 9.18. The van der Waals surface area contributed by atoms with Crippen LogP contribution in [0.4, 0.5) is 0 Å². The largest absolute Gasteiger partial charge is 0.435 e. The molecule has 12 rings (SSSR count). The summed E-state index contributed by atoms with van der Waals surface area (Å²) in [5.74, 6) is 0.642. The molecule has 0 radical (unpaired) electrons. The normalized spacial score (nSPS) is 12.5. The molecule has 246 valence electrons. The second-order valence-corrected chi connectivity index (χ2v) is 14.2. The maximum Gasteiger partial charge on any atom is 0.227 e. The Labute approximate surface area is 305 Å². The quantitative estimate of drug-likeness (QED) is 0.187. The second kappa shape index (κ2) is 10.8. The molecule has 3 nitrogen and oxygen atoms in total. The molecule has 0 spiro atoms. The van der Waals surface area contributed by atoms with Crippen molar-refractivity contribution in [3.8, 4) is 39.4 Å². The average molecular weight is 675 g/mol. The van der Waals surface area contributed by atoms with E-state index in [1.165, 1.54) is 87.6 Å². The van der Waals surface area contributed by atoms with Crippen molar-refractivity contribution < 1.29 is 4.42 Å². The summed E-state index contributed by atoms with van der Waals surface area (Å²) in [6.07, 6.45) is 0.862. The smallest absolute Gasteiger partial charge is 0.227 e. The van der Waals surface area contributed by atoms with Gasteiger partial charge >= 0.3 is 0 Å². The van der Waals surface area contributed by atoms with Crippen LogP contribution in [-0.2, 0) is 6.42 Å². The van der Waals surface area contributed by atoms with Crippen LogP contribution in [0.25, 0.3) is 105 Å². The molecule has 1 aliphatic rings. The number of oxazole rings is 1. The zero-order chi connectivity index (χ0) is 34.6. The molecule has 0 saturated carbocycles. The van der Waals surface area contributed by atoms with Gasteiger partial charge in [0.25, 0.3) is 0 Å². The SMILES string of the molecule is c1ccc(-c2nc3cccc(-c4cccc5c4-c4c(cc(-n6c7ccc8ccccc8c7c7c8ccccc8ccc76)c6ccccc46)C5)c3o2)cc1. The van der Waals surface area contributed by atoms with E-state index in [9.17, 15) is 0 Å². The minimum atomic E-state index is 0.642. The lowest BCUT2D eigenvalue weighted by molar-refractivity contribution is 0.621. The summed E-state index contributed by atoms with van der Waals surface area (Å²) in [6, 6.07) is 61.5. The molecule has 0 aliphatic heterocycles. The Bertz CT molecular complexity index is 3220. The van der Waals surface area contributed by atoms with Crippen LogP contribution in [0.15, 0.2) is 174 Å². The van der Waals surface area contributed by atoms with Crippen LogP contribution in [0.5, 0.6) is 0 Å². The fraction of sp³-hybridized carbons (Fsp3) is 0.0200. The number of rotatable bonds is 3. The van der Waals surface area contributed by atoms with E-state index < -0.39 is 0 Å². The van der Waals surface area contributed by atoms with Gasteiger partial charge in [0.15, 0.2) is 5.58 Å². The van der Waals surface area contributed by atoms with Gasteiger partial charge in [0.1, 0.15) is 5.52 Å². The van der Waals surface area contributed by atoms with Gasteiger partial charge in [0.05, 0.1) is 16.7 Å². The highest BCUT2D eigenvalue weighted by Crippen LogP contribution is 2.50. The van der Waals surface area contributed by atoms with E-state index in [-0.39, 0.29) is 0 Å². The summed E-state index contributed by atoms with van der Waals surface area (Å²) in [5.41, 5.74) is 13.8. The van der Waals surface area contributed by atoms with E-state index in [1.807, 2.05) is 36.4 Å². The Kier molecular flexibility index (Phi) is 5.83. The molecule has 11 aromatic rings. The monoisotopic (exact) mass is 674 g/mol. The van der Waals surface area contributed by atoms with Crippen LogP contribution in [0.1, 0.15) is 11.1 Å². The first-order chi connectivity index (χ1) is 26.3. The number of fused-ring (bicyclic) bond motifs is 13. The average Bonchev–Trinajstić information content (AvgIpc) is 3.93. The standard InChI is InChI=1S/C50H30N2O/c1-2-14-32(15-3-1)50-51-41-23-11-22-40(49(41)53-50)39-21-10-16-33-28-34-29-44(37-19-8-9-20-38(37)46(34)45(33)39)52-42-26-24-30-12-4-6-17-35(30)47(42)48-36-18-7-5-13-31(36)25-27-43(48)52/h1-27,29H,28H2. The van der Waals surface area contributed by atoms with Crippen LogP contribution < -0.4 is 0 Å². The van der Waals surface area contributed by atoms with Gasteiger partial charge in [0, 0.05) is 27.3 Å². The molecule has 9 aromatic carbocycles. The number of aromatic nitrogens is 2. The summed E-state index contributed by atoms with van der Waals surface area (Å²) in [5, 5.41) is 10.2. The predicted molar refractivity (Wildman–Crippen MR) is 220 cm³/mol. The molecule has 2 heterocycles. The van der Waals surface area contributed by atoms with Crippen LogP contribution in [0.3, 0.4) is 0 Å². The number of benzene rings is 9. The predicted octanol–water partition coefficient (Wildman–Crippen LogP) is 13.3. The molecule has 0 N–H and O–H groups in total. The number of hydrogen-bond donors (Lipinski definition) is 0. The topological polar surface area (TPSA) is 31.0 Å².